The zero-order chi connectivity index (χ0) is 18.0. The third-order valence-corrected chi connectivity index (χ3v) is 3.70. The summed E-state index contributed by atoms with van der Waals surface area (Å²) in [6, 6.07) is 3.65. The van der Waals surface area contributed by atoms with Gasteiger partial charge in [0.1, 0.15) is 0 Å². The molecule has 0 spiro atoms. The maximum atomic E-state index is 11.7. The van der Waals surface area contributed by atoms with Gasteiger partial charge < -0.3 is 21.3 Å². The van der Waals surface area contributed by atoms with Gasteiger partial charge in [0.25, 0.3) is 5.91 Å². The SMILES string of the molecule is CN=C(NCCCNC(=O)c1cccs1)NCC(=O)NC(C)(C)C. The molecule has 134 valence electrons. The Morgan fingerprint density at radius 3 is 2.46 bits per heavy atom. The van der Waals surface area contributed by atoms with Gasteiger partial charge in [0.15, 0.2) is 5.96 Å². The minimum atomic E-state index is -0.253. The van der Waals surface area contributed by atoms with Crippen molar-refractivity contribution < 1.29 is 9.59 Å². The summed E-state index contributed by atoms with van der Waals surface area (Å²) in [5.41, 5.74) is -0.253. The van der Waals surface area contributed by atoms with Gasteiger partial charge in [-0.25, -0.2) is 0 Å². The van der Waals surface area contributed by atoms with Crippen molar-refractivity contribution in [2.75, 3.05) is 26.7 Å². The molecule has 0 fully saturated rings. The predicted molar refractivity (Wildman–Crippen MR) is 98.5 cm³/mol. The van der Waals surface area contributed by atoms with Gasteiger partial charge in [0, 0.05) is 25.7 Å². The molecule has 0 unspecified atom stereocenters. The van der Waals surface area contributed by atoms with Crippen molar-refractivity contribution >= 4 is 29.1 Å². The predicted octanol–water partition coefficient (Wildman–Crippen LogP) is 0.948. The van der Waals surface area contributed by atoms with E-state index in [1.807, 2.05) is 32.2 Å². The van der Waals surface area contributed by atoms with Gasteiger partial charge in [-0.15, -0.1) is 11.3 Å². The number of hydrogen-bond donors (Lipinski definition) is 4. The first-order valence-electron chi connectivity index (χ1n) is 7.89. The molecule has 0 aliphatic heterocycles. The Morgan fingerprint density at radius 1 is 1.17 bits per heavy atom. The number of nitrogens with one attached hydrogen (secondary N) is 4. The average Bonchev–Trinajstić information content (AvgIpc) is 3.02. The molecular weight excluding hydrogens is 326 g/mol. The van der Waals surface area contributed by atoms with Gasteiger partial charge in [-0.3, -0.25) is 14.6 Å². The highest BCUT2D eigenvalue weighted by Crippen LogP contribution is 2.07. The first-order chi connectivity index (χ1) is 11.3. The van der Waals surface area contributed by atoms with Crippen molar-refractivity contribution in [1.82, 2.24) is 21.3 Å². The summed E-state index contributed by atoms with van der Waals surface area (Å²) in [6.45, 7) is 7.18. The summed E-state index contributed by atoms with van der Waals surface area (Å²) in [6.07, 6.45) is 0.756. The second-order valence-corrected chi connectivity index (χ2v) is 7.19. The van der Waals surface area contributed by atoms with Crippen LogP contribution in [-0.4, -0.2) is 50.0 Å². The highest BCUT2D eigenvalue weighted by Gasteiger charge is 2.13. The maximum Gasteiger partial charge on any atom is 0.261 e. The van der Waals surface area contributed by atoms with Crippen LogP contribution in [0.4, 0.5) is 0 Å². The van der Waals surface area contributed by atoms with Crippen LogP contribution in [0.2, 0.25) is 0 Å². The minimum Gasteiger partial charge on any atom is -0.356 e. The Hall–Kier alpha value is -2.09. The number of hydrogen-bond acceptors (Lipinski definition) is 4. The molecule has 0 aromatic carbocycles. The number of carbonyl (C=O) groups excluding carboxylic acids is 2. The lowest BCUT2D eigenvalue weighted by molar-refractivity contribution is -0.121. The number of rotatable bonds is 7. The number of thiophene rings is 1. The zero-order valence-electron chi connectivity index (χ0n) is 14.7. The highest BCUT2D eigenvalue weighted by molar-refractivity contribution is 7.12. The van der Waals surface area contributed by atoms with Gasteiger partial charge in [0.2, 0.25) is 5.91 Å². The quantitative estimate of drug-likeness (QED) is 0.333. The lowest BCUT2D eigenvalue weighted by Gasteiger charge is -2.21. The number of aliphatic imine (C=N–C) groups is 1. The Morgan fingerprint density at radius 2 is 1.88 bits per heavy atom. The smallest absolute Gasteiger partial charge is 0.261 e. The van der Waals surface area contributed by atoms with Crippen molar-refractivity contribution in [3.05, 3.63) is 22.4 Å². The fourth-order valence-corrected chi connectivity index (χ4v) is 2.48. The monoisotopic (exact) mass is 353 g/mol. The molecule has 1 rings (SSSR count). The molecule has 1 aromatic heterocycles. The van der Waals surface area contributed by atoms with Gasteiger partial charge in [0.05, 0.1) is 11.4 Å². The molecule has 24 heavy (non-hydrogen) atoms. The molecule has 7 nitrogen and oxygen atoms in total. The molecule has 4 N–H and O–H groups in total. The number of amides is 2. The van der Waals surface area contributed by atoms with Crippen LogP contribution >= 0.6 is 11.3 Å². The normalized spacial score (nSPS) is 11.8. The van der Waals surface area contributed by atoms with Crippen LogP contribution in [0.25, 0.3) is 0 Å². The largest absolute Gasteiger partial charge is 0.356 e. The summed E-state index contributed by atoms with van der Waals surface area (Å²) >= 11 is 1.42. The number of carbonyl (C=O) groups is 2. The molecule has 0 radical (unpaired) electrons. The molecule has 0 saturated heterocycles. The van der Waals surface area contributed by atoms with Crippen LogP contribution in [0.5, 0.6) is 0 Å². The van der Waals surface area contributed by atoms with E-state index in [2.05, 4.69) is 26.3 Å². The van der Waals surface area contributed by atoms with E-state index >= 15 is 0 Å². The van der Waals surface area contributed by atoms with Gasteiger partial charge in [-0.2, -0.15) is 0 Å². The van der Waals surface area contributed by atoms with E-state index in [9.17, 15) is 9.59 Å². The Labute approximate surface area is 147 Å². The third-order valence-electron chi connectivity index (χ3n) is 2.83. The van der Waals surface area contributed by atoms with E-state index in [0.717, 1.165) is 6.42 Å². The van der Waals surface area contributed by atoms with Crippen LogP contribution in [0.1, 0.15) is 36.9 Å². The molecule has 1 heterocycles. The molecule has 1 aromatic rings. The highest BCUT2D eigenvalue weighted by atomic mass is 32.1. The lowest BCUT2D eigenvalue weighted by atomic mass is 10.1. The molecular formula is C16H27N5O2S. The minimum absolute atomic E-state index is 0.0497. The lowest BCUT2D eigenvalue weighted by Crippen LogP contribution is -2.48. The van der Waals surface area contributed by atoms with Crippen LogP contribution < -0.4 is 21.3 Å². The Bertz CT molecular complexity index is 549. The molecule has 0 aliphatic carbocycles. The molecule has 0 saturated carbocycles. The second kappa shape index (κ2) is 9.92. The summed E-state index contributed by atoms with van der Waals surface area (Å²) < 4.78 is 0. The first-order valence-corrected chi connectivity index (χ1v) is 8.77. The number of guanidine groups is 1. The third kappa shape index (κ3) is 8.52. The average molecular weight is 353 g/mol. The van der Waals surface area contributed by atoms with Crippen molar-refractivity contribution in [3.63, 3.8) is 0 Å². The van der Waals surface area contributed by atoms with E-state index < -0.39 is 0 Å². The van der Waals surface area contributed by atoms with Gasteiger partial charge >= 0.3 is 0 Å². The molecule has 2 amide bonds. The topological polar surface area (TPSA) is 94.6 Å². The summed E-state index contributed by atoms with van der Waals surface area (Å²) in [5, 5.41) is 13.7. The van der Waals surface area contributed by atoms with E-state index in [1.54, 1.807) is 13.1 Å². The molecule has 8 heteroatoms. The zero-order valence-corrected chi connectivity index (χ0v) is 15.5. The standard InChI is InChI=1S/C16H27N5O2S/c1-16(2,3)21-13(22)11-20-15(17-4)19-9-6-8-18-14(23)12-7-5-10-24-12/h5,7,10H,6,8-9,11H2,1-4H3,(H,18,23)(H,21,22)(H2,17,19,20). The Kier molecular flexibility index (Phi) is 8.25. The van der Waals surface area contributed by atoms with Crippen molar-refractivity contribution in [1.29, 1.82) is 0 Å². The summed E-state index contributed by atoms with van der Waals surface area (Å²) in [7, 11) is 1.65. The van der Waals surface area contributed by atoms with E-state index in [-0.39, 0.29) is 23.9 Å². The van der Waals surface area contributed by atoms with Gasteiger partial charge in [-0.05, 0) is 38.6 Å². The van der Waals surface area contributed by atoms with Crippen LogP contribution in [0.3, 0.4) is 0 Å². The summed E-state index contributed by atoms with van der Waals surface area (Å²) in [4.78, 5) is 28.3. The van der Waals surface area contributed by atoms with Crippen LogP contribution in [0.15, 0.2) is 22.5 Å². The van der Waals surface area contributed by atoms with E-state index in [1.165, 1.54) is 11.3 Å². The van der Waals surface area contributed by atoms with E-state index in [0.29, 0.717) is 23.9 Å². The van der Waals surface area contributed by atoms with Crippen LogP contribution in [-0.2, 0) is 4.79 Å². The number of nitrogens with zero attached hydrogens (tertiary/aromatic N) is 1. The first kappa shape index (κ1) is 20.0. The van der Waals surface area contributed by atoms with Crippen LogP contribution in [0, 0.1) is 0 Å². The molecule has 0 bridgehead atoms. The Balaban J connectivity index is 2.16. The summed E-state index contributed by atoms with van der Waals surface area (Å²) in [5.74, 6) is 0.420. The van der Waals surface area contributed by atoms with Crippen molar-refractivity contribution in [2.24, 2.45) is 4.99 Å². The fourth-order valence-electron chi connectivity index (χ4n) is 1.84. The fraction of sp³-hybridized carbons (Fsp3) is 0.562. The van der Waals surface area contributed by atoms with Crippen molar-refractivity contribution in [2.45, 2.75) is 32.7 Å². The second-order valence-electron chi connectivity index (χ2n) is 6.24. The van der Waals surface area contributed by atoms with Crippen molar-refractivity contribution in [3.8, 4) is 0 Å². The van der Waals surface area contributed by atoms with Gasteiger partial charge in [-0.1, -0.05) is 6.07 Å². The maximum absolute atomic E-state index is 11.7. The molecule has 0 aliphatic rings. The van der Waals surface area contributed by atoms with E-state index in [4.69, 9.17) is 0 Å². The molecule has 0 atom stereocenters.